The van der Waals surface area contributed by atoms with Gasteiger partial charge in [0, 0.05) is 6.04 Å². The zero-order valence-electron chi connectivity index (χ0n) is 17.6. The number of carbonyl (C=O) groups excluding carboxylic acids is 1. The van der Waals surface area contributed by atoms with Gasteiger partial charge in [0.2, 0.25) is 5.91 Å². The van der Waals surface area contributed by atoms with Gasteiger partial charge in [-0.1, -0.05) is 6.07 Å². The molecule has 1 amide bonds. The fraction of sp³-hybridized carbons (Fsp3) is 0.400. The molecule has 2 fully saturated rings. The molecule has 6 nitrogen and oxygen atoms in total. The average Bonchev–Trinajstić information content (AvgIpc) is 3.48. The summed E-state index contributed by atoms with van der Waals surface area (Å²) in [5, 5.41) is 19.3. The molecule has 1 aromatic heterocycles. The Balaban J connectivity index is 1.45. The maximum absolute atomic E-state index is 14.1. The van der Waals surface area contributed by atoms with Crippen LogP contribution in [-0.2, 0) is 16.8 Å². The molecule has 0 bridgehead atoms. The number of hydrogen-bond donors (Lipinski definition) is 1. The average molecular weight is 430 g/mol. The number of aromatic nitrogens is 2. The van der Waals surface area contributed by atoms with E-state index in [4.69, 9.17) is 4.98 Å². The minimum atomic E-state index is -0.497. The van der Waals surface area contributed by atoms with Gasteiger partial charge in [-0.2, -0.15) is 5.26 Å². The summed E-state index contributed by atoms with van der Waals surface area (Å²) >= 11 is 0. The van der Waals surface area contributed by atoms with E-state index in [1.54, 1.807) is 23.1 Å². The zero-order chi connectivity index (χ0) is 22.0. The molecular weight excluding hydrogens is 407 g/mol. The standard InChI is InChI=1S/C25H23FN4O2/c26-16-2-7-19-22(12-16)29(24(32)25(19)9-10-25)14-23-28-20-11-15(13-27)1-8-21(20)30(23)17-3-5-18(31)6-4-17/h1-2,7-8,11-12,17-18,31H,3-6,9-10,14H2. The highest BCUT2D eigenvalue weighted by Crippen LogP contribution is 2.57. The topological polar surface area (TPSA) is 82.2 Å². The Bertz CT molecular complexity index is 1300. The van der Waals surface area contributed by atoms with Crippen LogP contribution in [0.15, 0.2) is 36.4 Å². The third-order valence-electron chi connectivity index (χ3n) is 7.39. The van der Waals surface area contributed by atoms with Gasteiger partial charge in [0.05, 0.1) is 46.4 Å². The van der Waals surface area contributed by atoms with Crippen molar-refractivity contribution in [1.82, 2.24) is 9.55 Å². The van der Waals surface area contributed by atoms with Gasteiger partial charge in [-0.05, 0) is 74.4 Å². The number of aliphatic hydroxyl groups excluding tert-OH is 1. The van der Waals surface area contributed by atoms with Crippen LogP contribution >= 0.6 is 0 Å². The second-order valence-electron chi connectivity index (χ2n) is 9.31. The Kier molecular flexibility index (Phi) is 4.18. The summed E-state index contributed by atoms with van der Waals surface area (Å²) in [6.07, 6.45) is 4.40. The molecule has 2 aliphatic carbocycles. The summed E-state index contributed by atoms with van der Waals surface area (Å²) in [7, 11) is 0. The molecule has 1 N–H and O–H groups in total. The van der Waals surface area contributed by atoms with Gasteiger partial charge in [0.1, 0.15) is 11.6 Å². The summed E-state index contributed by atoms with van der Waals surface area (Å²) < 4.78 is 16.3. The smallest absolute Gasteiger partial charge is 0.238 e. The normalized spacial score (nSPS) is 23.5. The van der Waals surface area contributed by atoms with Crippen molar-refractivity contribution in [2.45, 2.75) is 62.6 Å². The maximum atomic E-state index is 14.1. The first-order valence-electron chi connectivity index (χ1n) is 11.2. The first kappa shape index (κ1) is 19.4. The Morgan fingerprint density at radius 2 is 1.94 bits per heavy atom. The van der Waals surface area contributed by atoms with Crippen LogP contribution in [0.5, 0.6) is 0 Å². The van der Waals surface area contributed by atoms with E-state index in [1.165, 1.54) is 12.1 Å². The number of carbonyl (C=O) groups is 1. The van der Waals surface area contributed by atoms with Crippen LogP contribution in [0.1, 0.15) is 61.5 Å². The van der Waals surface area contributed by atoms with Crippen LogP contribution in [-0.4, -0.2) is 26.7 Å². The lowest BCUT2D eigenvalue weighted by molar-refractivity contribution is -0.120. The van der Waals surface area contributed by atoms with Gasteiger partial charge < -0.3 is 14.6 Å². The van der Waals surface area contributed by atoms with Crippen molar-refractivity contribution in [3.8, 4) is 6.07 Å². The Labute approximate surface area is 184 Å². The minimum Gasteiger partial charge on any atom is -0.393 e. The number of benzene rings is 2. The number of fused-ring (bicyclic) bond motifs is 3. The molecule has 3 aromatic rings. The van der Waals surface area contributed by atoms with Crippen molar-refractivity contribution in [2.75, 3.05) is 4.90 Å². The van der Waals surface area contributed by atoms with Crippen LogP contribution in [0, 0.1) is 17.1 Å². The quantitative estimate of drug-likeness (QED) is 0.678. The maximum Gasteiger partial charge on any atom is 0.238 e. The molecule has 0 saturated heterocycles. The molecule has 0 radical (unpaired) electrons. The number of halogens is 1. The van der Waals surface area contributed by atoms with Gasteiger partial charge in [0.15, 0.2) is 0 Å². The molecule has 32 heavy (non-hydrogen) atoms. The van der Waals surface area contributed by atoms with Crippen molar-refractivity contribution in [1.29, 1.82) is 5.26 Å². The van der Waals surface area contributed by atoms with Gasteiger partial charge in [-0.3, -0.25) is 4.79 Å². The molecule has 0 atom stereocenters. The van der Waals surface area contributed by atoms with Gasteiger partial charge in [-0.15, -0.1) is 0 Å². The molecule has 2 heterocycles. The summed E-state index contributed by atoms with van der Waals surface area (Å²) in [6.45, 7) is 0.257. The molecular formula is C25H23FN4O2. The highest BCUT2D eigenvalue weighted by Gasteiger charge is 2.59. The number of aliphatic hydroxyl groups is 1. The van der Waals surface area contributed by atoms with Crippen LogP contribution < -0.4 is 4.90 Å². The van der Waals surface area contributed by atoms with E-state index in [2.05, 4.69) is 10.6 Å². The van der Waals surface area contributed by atoms with E-state index in [0.29, 0.717) is 11.3 Å². The summed E-state index contributed by atoms with van der Waals surface area (Å²) in [5.41, 5.74) is 3.24. The first-order chi connectivity index (χ1) is 15.5. The molecule has 0 unspecified atom stereocenters. The second-order valence-corrected chi connectivity index (χ2v) is 9.31. The molecule has 2 aromatic carbocycles. The number of hydrogen-bond acceptors (Lipinski definition) is 4. The molecule has 3 aliphatic rings. The van der Waals surface area contributed by atoms with E-state index in [-0.39, 0.29) is 30.4 Å². The van der Waals surface area contributed by atoms with E-state index in [0.717, 1.165) is 60.9 Å². The summed E-state index contributed by atoms with van der Waals surface area (Å²) in [6, 6.07) is 12.4. The fourth-order valence-corrected chi connectivity index (χ4v) is 5.58. The predicted octanol–water partition coefficient (Wildman–Crippen LogP) is 4.10. The Hall–Kier alpha value is -3.24. The number of rotatable bonds is 3. The minimum absolute atomic E-state index is 0.0217. The molecule has 1 spiro atoms. The predicted molar refractivity (Wildman–Crippen MR) is 116 cm³/mol. The van der Waals surface area contributed by atoms with Gasteiger partial charge >= 0.3 is 0 Å². The van der Waals surface area contributed by atoms with Crippen molar-refractivity contribution < 1.29 is 14.3 Å². The Morgan fingerprint density at radius 3 is 2.66 bits per heavy atom. The number of anilines is 1. The number of nitrogens with zero attached hydrogens (tertiary/aromatic N) is 4. The number of amides is 1. The molecule has 2 saturated carbocycles. The SMILES string of the molecule is N#Cc1ccc2c(c1)nc(CN1C(=O)C3(CC3)c3ccc(F)cc31)n2C1CCC(O)CC1. The number of imidazole rings is 1. The van der Waals surface area contributed by atoms with Crippen molar-refractivity contribution in [3.63, 3.8) is 0 Å². The summed E-state index contributed by atoms with van der Waals surface area (Å²) in [4.78, 5) is 19.9. The monoisotopic (exact) mass is 430 g/mol. The zero-order valence-corrected chi connectivity index (χ0v) is 17.6. The highest BCUT2D eigenvalue weighted by atomic mass is 19.1. The van der Waals surface area contributed by atoms with Crippen LogP contribution in [0.2, 0.25) is 0 Å². The van der Waals surface area contributed by atoms with E-state index in [1.807, 2.05) is 6.07 Å². The van der Waals surface area contributed by atoms with E-state index < -0.39 is 5.41 Å². The Morgan fingerprint density at radius 1 is 1.16 bits per heavy atom. The van der Waals surface area contributed by atoms with Gasteiger partial charge in [0.25, 0.3) is 0 Å². The van der Waals surface area contributed by atoms with E-state index in [9.17, 15) is 19.6 Å². The van der Waals surface area contributed by atoms with Crippen molar-refractivity contribution in [2.24, 2.45) is 0 Å². The largest absolute Gasteiger partial charge is 0.393 e. The third kappa shape index (κ3) is 2.79. The summed E-state index contributed by atoms with van der Waals surface area (Å²) in [5.74, 6) is 0.402. The fourth-order valence-electron chi connectivity index (χ4n) is 5.58. The first-order valence-corrected chi connectivity index (χ1v) is 11.2. The van der Waals surface area contributed by atoms with Crippen molar-refractivity contribution in [3.05, 3.63) is 59.2 Å². The van der Waals surface area contributed by atoms with Crippen LogP contribution in [0.3, 0.4) is 0 Å². The number of nitriles is 1. The van der Waals surface area contributed by atoms with E-state index >= 15 is 0 Å². The van der Waals surface area contributed by atoms with Gasteiger partial charge in [-0.25, -0.2) is 9.37 Å². The highest BCUT2D eigenvalue weighted by molar-refractivity contribution is 6.10. The van der Waals surface area contributed by atoms with Crippen molar-refractivity contribution >= 4 is 22.6 Å². The third-order valence-corrected chi connectivity index (χ3v) is 7.39. The van der Waals surface area contributed by atoms with Crippen LogP contribution in [0.4, 0.5) is 10.1 Å². The lowest BCUT2D eigenvalue weighted by Gasteiger charge is -2.29. The molecule has 7 heteroatoms. The molecule has 1 aliphatic heterocycles. The molecule has 162 valence electrons. The van der Waals surface area contributed by atoms with Crippen LogP contribution in [0.25, 0.3) is 11.0 Å². The second kappa shape index (κ2) is 6.88. The lowest BCUT2D eigenvalue weighted by atomic mass is 9.92. The lowest BCUT2D eigenvalue weighted by Crippen LogP contribution is -2.33. The molecule has 6 rings (SSSR count).